The molecule has 1 aromatic rings. The molecule has 0 amide bonds. The molecule has 2 N–H and O–H groups in total. The molecule has 2 nitrogen and oxygen atoms in total. The van der Waals surface area contributed by atoms with Crippen molar-refractivity contribution >= 4 is 0 Å². The van der Waals surface area contributed by atoms with E-state index in [0.717, 1.165) is 12.8 Å². The van der Waals surface area contributed by atoms with Crippen LogP contribution in [0.25, 0.3) is 0 Å². The molecule has 0 spiro atoms. The lowest BCUT2D eigenvalue weighted by Gasteiger charge is -2.32. The number of benzene rings is 1. The second-order valence-corrected chi connectivity index (χ2v) is 6.23. The fraction of sp³-hybridized carbons (Fsp3) is 0.667. The minimum absolute atomic E-state index is 0.0860. The lowest BCUT2D eigenvalue weighted by atomic mass is 9.74. The van der Waals surface area contributed by atoms with Gasteiger partial charge in [-0.3, -0.25) is 0 Å². The van der Waals surface area contributed by atoms with Gasteiger partial charge in [0.05, 0.1) is 0 Å². The Hall–Kier alpha value is -0.860. The predicted molar refractivity (Wildman–Crippen MR) is 82.8 cm³/mol. The highest BCUT2D eigenvalue weighted by atomic mass is 16.3. The molecule has 112 valence electrons. The summed E-state index contributed by atoms with van der Waals surface area (Å²) >= 11 is 0. The molecule has 1 aliphatic carbocycles. The highest BCUT2D eigenvalue weighted by Crippen LogP contribution is 2.38. The molecule has 0 radical (unpaired) electrons. The fourth-order valence-electron chi connectivity index (χ4n) is 3.52. The molecule has 0 aliphatic heterocycles. The Morgan fingerprint density at radius 1 is 1.00 bits per heavy atom. The van der Waals surface area contributed by atoms with E-state index in [4.69, 9.17) is 0 Å². The Morgan fingerprint density at radius 2 is 1.60 bits per heavy atom. The number of rotatable bonds is 6. The van der Waals surface area contributed by atoms with Crippen LogP contribution in [0, 0.1) is 11.8 Å². The first kappa shape index (κ1) is 15.5. The summed E-state index contributed by atoms with van der Waals surface area (Å²) in [5.74, 6) is 1.25. The summed E-state index contributed by atoms with van der Waals surface area (Å²) in [5.41, 5.74) is 2.90. The average Bonchev–Trinajstić information content (AvgIpc) is 2.50. The summed E-state index contributed by atoms with van der Waals surface area (Å²) in [6.07, 6.45) is 7.01. The van der Waals surface area contributed by atoms with E-state index in [1.165, 1.54) is 36.8 Å². The van der Waals surface area contributed by atoms with Crippen LogP contribution in [0.2, 0.25) is 0 Å². The van der Waals surface area contributed by atoms with Crippen molar-refractivity contribution in [3.05, 3.63) is 35.4 Å². The van der Waals surface area contributed by atoms with E-state index in [1.54, 1.807) is 0 Å². The molecule has 1 aliphatic rings. The van der Waals surface area contributed by atoms with Crippen molar-refractivity contribution in [2.45, 2.75) is 51.4 Å². The van der Waals surface area contributed by atoms with Crippen LogP contribution in [0.3, 0.4) is 0 Å². The van der Waals surface area contributed by atoms with Crippen molar-refractivity contribution in [2.75, 3.05) is 13.2 Å². The molecule has 20 heavy (non-hydrogen) atoms. The van der Waals surface area contributed by atoms with Crippen molar-refractivity contribution in [2.24, 2.45) is 11.8 Å². The van der Waals surface area contributed by atoms with E-state index in [0.29, 0.717) is 11.8 Å². The number of hydrogen-bond acceptors (Lipinski definition) is 2. The van der Waals surface area contributed by atoms with Crippen molar-refractivity contribution in [3.8, 4) is 0 Å². The topological polar surface area (TPSA) is 40.5 Å². The lowest BCUT2D eigenvalue weighted by molar-refractivity contribution is 0.0854. The molecular weight excluding hydrogens is 248 g/mol. The van der Waals surface area contributed by atoms with Crippen LogP contribution in [0.5, 0.6) is 0 Å². The highest BCUT2D eigenvalue weighted by molar-refractivity contribution is 5.25. The monoisotopic (exact) mass is 276 g/mol. The normalized spacial score (nSPS) is 23.2. The van der Waals surface area contributed by atoms with Gasteiger partial charge in [0, 0.05) is 19.1 Å². The van der Waals surface area contributed by atoms with Gasteiger partial charge in [-0.15, -0.1) is 0 Å². The first-order valence-corrected chi connectivity index (χ1v) is 8.09. The van der Waals surface area contributed by atoms with Crippen LogP contribution in [0.4, 0.5) is 0 Å². The Kier molecular flexibility index (Phi) is 6.06. The Balaban J connectivity index is 1.90. The Labute approximate surface area is 122 Å². The third-order valence-corrected chi connectivity index (χ3v) is 4.90. The zero-order valence-corrected chi connectivity index (χ0v) is 12.6. The van der Waals surface area contributed by atoms with Crippen molar-refractivity contribution in [3.63, 3.8) is 0 Å². The Morgan fingerprint density at radius 3 is 2.10 bits per heavy atom. The van der Waals surface area contributed by atoms with E-state index in [-0.39, 0.29) is 19.1 Å². The summed E-state index contributed by atoms with van der Waals surface area (Å²) in [4.78, 5) is 0. The number of aliphatic hydroxyl groups is 2. The maximum atomic E-state index is 9.28. The van der Waals surface area contributed by atoms with E-state index in [2.05, 4.69) is 31.2 Å². The maximum Gasteiger partial charge on any atom is 0.0483 e. The van der Waals surface area contributed by atoms with Gasteiger partial charge in [-0.1, -0.05) is 37.6 Å². The van der Waals surface area contributed by atoms with Gasteiger partial charge >= 0.3 is 0 Å². The zero-order chi connectivity index (χ0) is 14.4. The summed E-state index contributed by atoms with van der Waals surface area (Å²) in [7, 11) is 0. The third-order valence-electron chi connectivity index (χ3n) is 4.90. The molecule has 2 rings (SSSR count). The van der Waals surface area contributed by atoms with Crippen LogP contribution in [0.15, 0.2) is 24.3 Å². The number of aliphatic hydroxyl groups excluding tert-OH is 2. The van der Waals surface area contributed by atoms with Gasteiger partial charge in [0.2, 0.25) is 0 Å². The second-order valence-electron chi connectivity index (χ2n) is 6.23. The van der Waals surface area contributed by atoms with Gasteiger partial charge in [0.1, 0.15) is 0 Å². The molecule has 0 saturated heterocycles. The molecule has 1 fully saturated rings. The maximum absolute atomic E-state index is 9.28. The minimum Gasteiger partial charge on any atom is -0.396 e. The minimum atomic E-state index is 0.0860. The highest BCUT2D eigenvalue weighted by Gasteiger charge is 2.27. The molecule has 1 saturated carbocycles. The molecule has 0 heterocycles. The van der Waals surface area contributed by atoms with Crippen molar-refractivity contribution < 1.29 is 10.2 Å². The van der Waals surface area contributed by atoms with Gasteiger partial charge in [-0.2, -0.15) is 0 Å². The van der Waals surface area contributed by atoms with Crippen LogP contribution in [-0.2, 0) is 6.42 Å². The average molecular weight is 276 g/mol. The first-order valence-electron chi connectivity index (χ1n) is 8.09. The van der Waals surface area contributed by atoms with Crippen LogP contribution in [-0.4, -0.2) is 23.4 Å². The number of hydrogen-bond donors (Lipinski definition) is 2. The Bertz CT molecular complexity index is 373. The number of aryl methyl sites for hydroxylation is 1. The first-order chi connectivity index (χ1) is 9.78. The standard InChI is InChI=1S/C18H28O2/c1-2-3-14-4-6-15(7-5-14)16-8-10-17(11-9-16)18(12-19)13-20/h4-7,16-20H,2-3,8-13H2,1H3. The molecular formula is C18H28O2. The largest absolute Gasteiger partial charge is 0.396 e. The summed E-state index contributed by atoms with van der Waals surface area (Å²) in [6.45, 7) is 2.46. The smallest absolute Gasteiger partial charge is 0.0483 e. The summed E-state index contributed by atoms with van der Waals surface area (Å²) in [5, 5.41) is 18.6. The van der Waals surface area contributed by atoms with Gasteiger partial charge < -0.3 is 10.2 Å². The van der Waals surface area contributed by atoms with Crippen LogP contribution < -0.4 is 0 Å². The molecule has 2 heteroatoms. The summed E-state index contributed by atoms with van der Waals surface area (Å²) in [6, 6.07) is 9.14. The van der Waals surface area contributed by atoms with E-state index >= 15 is 0 Å². The van der Waals surface area contributed by atoms with Gasteiger partial charge in [0.25, 0.3) is 0 Å². The van der Waals surface area contributed by atoms with E-state index in [1.807, 2.05) is 0 Å². The zero-order valence-electron chi connectivity index (χ0n) is 12.6. The molecule has 0 unspecified atom stereocenters. The lowest BCUT2D eigenvalue weighted by Crippen LogP contribution is -2.26. The molecule has 1 aromatic carbocycles. The fourth-order valence-corrected chi connectivity index (χ4v) is 3.52. The van der Waals surface area contributed by atoms with Crippen LogP contribution in [0.1, 0.15) is 56.1 Å². The van der Waals surface area contributed by atoms with Crippen LogP contribution >= 0.6 is 0 Å². The summed E-state index contributed by atoms with van der Waals surface area (Å²) < 4.78 is 0. The van der Waals surface area contributed by atoms with Gasteiger partial charge in [-0.05, 0) is 55.1 Å². The molecule has 0 bridgehead atoms. The predicted octanol–water partition coefficient (Wildman–Crippen LogP) is 3.51. The quantitative estimate of drug-likeness (QED) is 0.834. The second kappa shape index (κ2) is 7.80. The van der Waals surface area contributed by atoms with Gasteiger partial charge in [0.15, 0.2) is 0 Å². The molecule has 0 atom stereocenters. The van der Waals surface area contributed by atoms with E-state index in [9.17, 15) is 10.2 Å². The van der Waals surface area contributed by atoms with Crippen molar-refractivity contribution in [1.29, 1.82) is 0 Å². The third kappa shape index (κ3) is 3.83. The van der Waals surface area contributed by atoms with Crippen molar-refractivity contribution in [1.82, 2.24) is 0 Å². The van der Waals surface area contributed by atoms with Gasteiger partial charge in [-0.25, -0.2) is 0 Å². The van der Waals surface area contributed by atoms with E-state index < -0.39 is 0 Å². The SMILES string of the molecule is CCCc1ccc(C2CCC(C(CO)CO)CC2)cc1. The molecule has 0 aromatic heterocycles.